The lowest BCUT2D eigenvalue weighted by molar-refractivity contribution is -0.133. The van der Waals surface area contributed by atoms with E-state index < -0.39 is 0 Å². The summed E-state index contributed by atoms with van der Waals surface area (Å²) in [5.74, 6) is 1.12. The summed E-state index contributed by atoms with van der Waals surface area (Å²) in [5.41, 5.74) is 0. The Hall–Kier alpha value is -0.610. The minimum atomic E-state index is -0.0145. The molecule has 0 saturated carbocycles. The zero-order chi connectivity index (χ0) is 13.0. The lowest BCUT2D eigenvalue weighted by atomic mass is 9.98. The number of likely N-dealkylation sites (tertiary alicyclic amines) is 1. The molecule has 2 fully saturated rings. The molecule has 3 unspecified atom stereocenters. The van der Waals surface area contributed by atoms with E-state index in [4.69, 9.17) is 0 Å². The molecule has 0 aromatic rings. The van der Waals surface area contributed by atoms with Gasteiger partial charge in [-0.15, -0.1) is 0 Å². The van der Waals surface area contributed by atoms with Crippen LogP contribution in [0, 0.1) is 5.92 Å². The molecule has 2 rings (SSSR count). The molecule has 104 valence electrons. The van der Waals surface area contributed by atoms with Crippen LogP contribution in [0.25, 0.3) is 0 Å². The van der Waals surface area contributed by atoms with Crippen molar-refractivity contribution in [3.63, 3.8) is 0 Å². The maximum atomic E-state index is 12.4. The van der Waals surface area contributed by atoms with Crippen molar-refractivity contribution >= 4 is 5.91 Å². The SMILES string of the molecule is CCC1CCCN(C(=O)C2CNC(C)CN2)CC1. The molecule has 1 amide bonds. The Labute approximate surface area is 110 Å². The van der Waals surface area contributed by atoms with Gasteiger partial charge in [0.1, 0.15) is 0 Å². The Kier molecular flexibility index (Phi) is 5.01. The third-order valence-corrected chi connectivity index (χ3v) is 4.38. The summed E-state index contributed by atoms with van der Waals surface area (Å²) in [6.07, 6.45) is 4.88. The molecule has 0 radical (unpaired) electrons. The van der Waals surface area contributed by atoms with Gasteiger partial charge in [0.05, 0.1) is 6.04 Å². The first-order valence-corrected chi connectivity index (χ1v) is 7.46. The first-order valence-electron chi connectivity index (χ1n) is 7.46. The van der Waals surface area contributed by atoms with Gasteiger partial charge in [-0.25, -0.2) is 0 Å². The number of hydrogen-bond acceptors (Lipinski definition) is 3. The van der Waals surface area contributed by atoms with Gasteiger partial charge in [-0.1, -0.05) is 13.3 Å². The quantitative estimate of drug-likeness (QED) is 0.771. The second-order valence-corrected chi connectivity index (χ2v) is 5.80. The van der Waals surface area contributed by atoms with E-state index in [1.54, 1.807) is 0 Å². The molecule has 2 aliphatic rings. The number of hydrogen-bond donors (Lipinski definition) is 2. The van der Waals surface area contributed by atoms with Gasteiger partial charge in [0, 0.05) is 32.2 Å². The van der Waals surface area contributed by atoms with Crippen LogP contribution in [-0.4, -0.2) is 49.1 Å². The van der Waals surface area contributed by atoms with Gasteiger partial charge in [0.15, 0.2) is 0 Å². The predicted octanol–water partition coefficient (Wildman–Crippen LogP) is 0.975. The highest BCUT2D eigenvalue weighted by atomic mass is 16.2. The Bertz CT molecular complexity index is 274. The smallest absolute Gasteiger partial charge is 0.241 e. The van der Waals surface area contributed by atoms with Crippen LogP contribution in [0.1, 0.15) is 39.5 Å². The predicted molar refractivity (Wildman–Crippen MR) is 73.5 cm³/mol. The van der Waals surface area contributed by atoms with E-state index in [0.717, 1.165) is 32.1 Å². The Morgan fingerprint density at radius 2 is 2.06 bits per heavy atom. The lowest BCUT2D eigenvalue weighted by Crippen LogP contribution is -2.59. The van der Waals surface area contributed by atoms with Crippen molar-refractivity contribution in [1.82, 2.24) is 15.5 Å². The van der Waals surface area contributed by atoms with Gasteiger partial charge >= 0.3 is 0 Å². The molecule has 0 bridgehead atoms. The van der Waals surface area contributed by atoms with Gasteiger partial charge in [0.2, 0.25) is 5.91 Å². The summed E-state index contributed by atoms with van der Waals surface area (Å²) < 4.78 is 0. The molecule has 18 heavy (non-hydrogen) atoms. The highest BCUT2D eigenvalue weighted by Gasteiger charge is 2.28. The fraction of sp³-hybridized carbons (Fsp3) is 0.929. The molecular formula is C14H27N3O. The van der Waals surface area contributed by atoms with Gasteiger partial charge in [-0.05, 0) is 32.1 Å². The number of amides is 1. The second kappa shape index (κ2) is 6.53. The lowest BCUT2D eigenvalue weighted by Gasteiger charge is -2.32. The van der Waals surface area contributed by atoms with Crippen molar-refractivity contribution in [2.75, 3.05) is 26.2 Å². The molecule has 0 aliphatic carbocycles. The third kappa shape index (κ3) is 3.45. The van der Waals surface area contributed by atoms with Gasteiger partial charge in [-0.3, -0.25) is 4.79 Å². The standard InChI is InChI=1S/C14H27N3O/c1-3-12-5-4-7-17(8-6-12)14(18)13-10-15-11(2)9-16-13/h11-13,15-16H,3-10H2,1-2H3. The normalized spacial score (nSPS) is 34.1. The molecule has 4 heteroatoms. The van der Waals surface area contributed by atoms with Crippen molar-refractivity contribution in [1.29, 1.82) is 0 Å². The zero-order valence-corrected chi connectivity index (χ0v) is 11.7. The average Bonchev–Trinajstić information content (AvgIpc) is 2.64. The highest BCUT2D eigenvalue weighted by molar-refractivity contribution is 5.82. The fourth-order valence-electron chi connectivity index (χ4n) is 2.97. The topological polar surface area (TPSA) is 44.4 Å². The molecule has 2 saturated heterocycles. The van der Waals surface area contributed by atoms with E-state index in [0.29, 0.717) is 11.9 Å². The molecule has 2 aliphatic heterocycles. The maximum Gasteiger partial charge on any atom is 0.241 e. The molecule has 3 atom stereocenters. The summed E-state index contributed by atoms with van der Waals surface area (Å²) in [4.78, 5) is 14.5. The van der Waals surface area contributed by atoms with Gasteiger partial charge in [-0.2, -0.15) is 0 Å². The van der Waals surface area contributed by atoms with Crippen LogP contribution < -0.4 is 10.6 Å². The van der Waals surface area contributed by atoms with Crippen LogP contribution in [0.4, 0.5) is 0 Å². The monoisotopic (exact) mass is 253 g/mol. The Morgan fingerprint density at radius 1 is 1.22 bits per heavy atom. The number of nitrogens with zero attached hydrogens (tertiary/aromatic N) is 1. The van der Waals surface area contributed by atoms with Crippen LogP contribution in [0.3, 0.4) is 0 Å². The number of carbonyl (C=O) groups excluding carboxylic acids is 1. The molecule has 0 spiro atoms. The highest BCUT2D eigenvalue weighted by Crippen LogP contribution is 2.20. The number of piperazine rings is 1. The summed E-state index contributed by atoms with van der Waals surface area (Å²) >= 11 is 0. The van der Waals surface area contributed by atoms with Crippen molar-refractivity contribution in [2.45, 2.75) is 51.6 Å². The van der Waals surface area contributed by atoms with Crippen molar-refractivity contribution in [2.24, 2.45) is 5.92 Å². The molecule has 2 heterocycles. The van der Waals surface area contributed by atoms with Crippen LogP contribution in [-0.2, 0) is 4.79 Å². The minimum absolute atomic E-state index is 0.0145. The van der Waals surface area contributed by atoms with E-state index in [1.807, 2.05) is 0 Å². The Morgan fingerprint density at radius 3 is 2.72 bits per heavy atom. The van der Waals surface area contributed by atoms with Crippen molar-refractivity contribution in [3.05, 3.63) is 0 Å². The average molecular weight is 253 g/mol. The molecule has 4 nitrogen and oxygen atoms in total. The molecular weight excluding hydrogens is 226 g/mol. The van der Waals surface area contributed by atoms with Crippen LogP contribution in [0.5, 0.6) is 0 Å². The molecule has 2 N–H and O–H groups in total. The number of rotatable bonds is 2. The van der Waals surface area contributed by atoms with E-state index in [-0.39, 0.29) is 6.04 Å². The summed E-state index contributed by atoms with van der Waals surface area (Å²) in [5, 5.41) is 6.74. The molecule has 0 aromatic heterocycles. The third-order valence-electron chi connectivity index (χ3n) is 4.38. The summed E-state index contributed by atoms with van der Waals surface area (Å²) in [6.45, 7) is 7.96. The van der Waals surface area contributed by atoms with E-state index in [1.165, 1.54) is 25.7 Å². The van der Waals surface area contributed by atoms with Crippen LogP contribution in [0.15, 0.2) is 0 Å². The first-order chi connectivity index (χ1) is 8.70. The fourth-order valence-corrected chi connectivity index (χ4v) is 2.97. The maximum absolute atomic E-state index is 12.4. The zero-order valence-electron chi connectivity index (χ0n) is 11.7. The van der Waals surface area contributed by atoms with E-state index >= 15 is 0 Å². The summed E-state index contributed by atoms with van der Waals surface area (Å²) in [7, 11) is 0. The van der Waals surface area contributed by atoms with E-state index in [9.17, 15) is 4.79 Å². The minimum Gasteiger partial charge on any atom is -0.341 e. The second-order valence-electron chi connectivity index (χ2n) is 5.80. The van der Waals surface area contributed by atoms with E-state index in [2.05, 4.69) is 29.4 Å². The number of nitrogens with one attached hydrogen (secondary N) is 2. The largest absolute Gasteiger partial charge is 0.341 e. The van der Waals surface area contributed by atoms with Crippen LogP contribution >= 0.6 is 0 Å². The number of carbonyl (C=O) groups is 1. The van der Waals surface area contributed by atoms with Crippen molar-refractivity contribution < 1.29 is 4.79 Å². The Balaban J connectivity index is 1.85. The summed E-state index contributed by atoms with van der Waals surface area (Å²) in [6, 6.07) is 0.460. The van der Waals surface area contributed by atoms with Gasteiger partial charge in [0.25, 0.3) is 0 Å². The molecule has 0 aromatic carbocycles. The van der Waals surface area contributed by atoms with Gasteiger partial charge < -0.3 is 15.5 Å². The first kappa shape index (κ1) is 13.8. The van der Waals surface area contributed by atoms with Crippen molar-refractivity contribution in [3.8, 4) is 0 Å². The van der Waals surface area contributed by atoms with Crippen LogP contribution in [0.2, 0.25) is 0 Å².